The molecule has 0 amide bonds. The number of nitrogens with zero attached hydrogens (tertiary/aromatic N) is 2. The van der Waals surface area contributed by atoms with Crippen LogP contribution in [0, 0.1) is 12.7 Å². The summed E-state index contributed by atoms with van der Waals surface area (Å²) in [6.45, 7) is 1.85. The molecule has 1 aliphatic rings. The number of fused-ring (bicyclic) bond motifs is 1. The van der Waals surface area contributed by atoms with Gasteiger partial charge in [0.1, 0.15) is 15.7 Å². The lowest BCUT2D eigenvalue weighted by Crippen LogP contribution is -2.13. The predicted molar refractivity (Wildman–Crippen MR) is 120 cm³/mol. The van der Waals surface area contributed by atoms with Crippen molar-refractivity contribution in [3.63, 3.8) is 0 Å². The summed E-state index contributed by atoms with van der Waals surface area (Å²) in [5.74, 6) is 0.755. The smallest absolute Gasteiger partial charge is 0.263 e. The van der Waals surface area contributed by atoms with E-state index in [1.807, 2.05) is 5.38 Å². The van der Waals surface area contributed by atoms with Gasteiger partial charge in [0.25, 0.3) is 10.0 Å². The normalized spacial score (nSPS) is 12.8. The predicted octanol–water partition coefficient (Wildman–Crippen LogP) is 4.79. The van der Waals surface area contributed by atoms with Crippen LogP contribution >= 0.6 is 11.3 Å². The van der Waals surface area contributed by atoms with Gasteiger partial charge >= 0.3 is 0 Å². The minimum Gasteiger partial charge on any atom is -0.454 e. The van der Waals surface area contributed by atoms with Gasteiger partial charge in [0.15, 0.2) is 11.5 Å². The molecule has 0 saturated carbocycles. The summed E-state index contributed by atoms with van der Waals surface area (Å²) in [6, 6.07) is 12.6. The largest absolute Gasteiger partial charge is 0.454 e. The van der Waals surface area contributed by atoms with Crippen LogP contribution < -0.4 is 14.2 Å². The second kappa shape index (κ2) is 7.64. The van der Waals surface area contributed by atoms with Crippen molar-refractivity contribution in [2.45, 2.75) is 11.8 Å². The quantitative estimate of drug-likeness (QED) is 0.452. The van der Waals surface area contributed by atoms with Gasteiger partial charge < -0.3 is 14.0 Å². The number of rotatable bonds is 5. The Labute approximate surface area is 188 Å². The molecule has 32 heavy (non-hydrogen) atoms. The van der Waals surface area contributed by atoms with Gasteiger partial charge in [0.05, 0.1) is 17.1 Å². The molecule has 0 atom stereocenters. The van der Waals surface area contributed by atoms with Crippen molar-refractivity contribution in [3.05, 3.63) is 65.4 Å². The molecule has 3 heterocycles. The highest BCUT2D eigenvalue weighted by Gasteiger charge is 2.24. The van der Waals surface area contributed by atoms with Crippen LogP contribution in [0.4, 0.5) is 10.1 Å². The molecule has 7 nitrogen and oxygen atoms in total. The van der Waals surface area contributed by atoms with Crippen molar-refractivity contribution in [3.8, 4) is 33.5 Å². The number of benzene rings is 2. The number of thiazole rings is 1. The van der Waals surface area contributed by atoms with E-state index in [1.54, 1.807) is 54.9 Å². The zero-order chi connectivity index (χ0) is 22.5. The molecule has 0 fully saturated rings. The standard InChI is InChI=1S/C22H18FN3O4S2/c1-13-21(32(27,28)25-16-7-8-19-20(9-16)30-12-29-19)10-18(26(13)2)22-24-17(11-31-22)14-3-5-15(23)6-4-14/h3-11,25H,12H2,1-2H3. The fraction of sp³-hybridized carbons (Fsp3) is 0.136. The summed E-state index contributed by atoms with van der Waals surface area (Å²) >= 11 is 1.39. The Bertz CT molecular complexity index is 1430. The van der Waals surface area contributed by atoms with E-state index in [0.29, 0.717) is 39.3 Å². The van der Waals surface area contributed by atoms with E-state index in [1.165, 1.54) is 23.5 Å². The molecule has 0 saturated heterocycles. The third-order valence-electron chi connectivity index (χ3n) is 5.27. The van der Waals surface area contributed by atoms with Crippen molar-refractivity contribution in [2.24, 2.45) is 7.05 Å². The molecule has 0 radical (unpaired) electrons. The van der Waals surface area contributed by atoms with Crippen LogP contribution in [0.1, 0.15) is 5.69 Å². The molecule has 1 aliphatic heterocycles. The maximum Gasteiger partial charge on any atom is 0.263 e. The second-order valence-electron chi connectivity index (χ2n) is 7.26. The molecule has 2 aromatic heterocycles. The lowest BCUT2D eigenvalue weighted by molar-refractivity contribution is 0.174. The highest BCUT2D eigenvalue weighted by Crippen LogP contribution is 2.36. The second-order valence-corrected chi connectivity index (χ2v) is 9.77. The summed E-state index contributed by atoms with van der Waals surface area (Å²) in [5.41, 5.74) is 3.12. The highest BCUT2D eigenvalue weighted by atomic mass is 32.2. The topological polar surface area (TPSA) is 82.5 Å². The molecule has 0 spiro atoms. The number of hydrogen-bond acceptors (Lipinski definition) is 6. The Morgan fingerprint density at radius 1 is 1.09 bits per heavy atom. The number of ether oxygens (including phenoxy) is 2. The molecule has 164 valence electrons. The monoisotopic (exact) mass is 471 g/mol. The fourth-order valence-corrected chi connectivity index (χ4v) is 5.68. The zero-order valence-electron chi connectivity index (χ0n) is 17.1. The average molecular weight is 472 g/mol. The first kappa shape index (κ1) is 20.5. The van der Waals surface area contributed by atoms with E-state index in [4.69, 9.17) is 9.47 Å². The Morgan fingerprint density at radius 2 is 1.84 bits per heavy atom. The van der Waals surface area contributed by atoms with Crippen LogP contribution in [0.15, 0.2) is 58.8 Å². The molecule has 1 N–H and O–H groups in total. The summed E-state index contributed by atoms with van der Waals surface area (Å²) in [5, 5.41) is 2.53. The van der Waals surface area contributed by atoms with E-state index in [-0.39, 0.29) is 17.5 Å². The maximum absolute atomic E-state index is 13.2. The molecule has 2 aromatic carbocycles. The molecular formula is C22H18FN3O4S2. The van der Waals surface area contributed by atoms with Gasteiger partial charge in [-0.05, 0) is 49.4 Å². The van der Waals surface area contributed by atoms with Gasteiger partial charge in [-0.3, -0.25) is 4.72 Å². The van der Waals surface area contributed by atoms with Crippen LogP contribution in [0.5, 0.6) is 11.5 Å². The van der Waals surface area contributed by atoms with Gasteiger partial charge in [-0.2, -0.15) is 0 Å². The van der Waals surface area contributed by atoms with Crippen molar-refractivity contribution in [2.75, 3.05) is 11.5 Å². The van der Waals surface area contributed by atoms with E-state index in [9.17, 15) is 12.8 Å². The number of hydrogen-bond donors (Lipinski definition) is 1. The van der Waals surface area contributed by atoms with E-state index in [0.717, 1.165) is 5.56 Å². The Morgan fingerprint density at radius 3 is 2.62 bits per heavy atom. The molecule has 10 heteroatoms. The van der Waals surface area contributed by atoms with Crippen LogP contribution in [-0.4, -0.2) is 24.8 Å². The van der Waals surface area contributed by atoms with Crippen molar-refractivity contribution >= 4 is 27.0 Å². The van der Waals surface area contributed by atoms with Crippen LogP contribution in [0.3, 0.4) is 0 Å². The molecular weight excluding hydrogens is 453 g/mol. The Kier molecular flexibility index (Phi) is 4.90. The molecule has 0 aliphatic carbocycles. The minimum absolute atomic E-state index is 0.112. The summed E-state index contributed by atoms with van der Waals surface area (Å²) in [7, 11) is -2.06. The van der Waals surface area contributed by atoms with Gasteiger partial charge in [-0.1, -0.05) is 0 Å². The van der Waals surface area contributed by atoms with Crippen molar-refractivity contribution < 1.29 is 22.3 Å². The van der Waals surface area contributed by atoms with E-state index < -0.39 is 10.0 Å². The van der Waals surface area contributed by atoms with Crippen LogP contribution in [0.25, 0.3) is 22.0 Å². The van der Waals surface area contributed by atoms with Crippen LogP contribution in [-0.2, 0) is 17.1 Å². The van der Waals surface area contributed by atoms with Crippen LogP contribution in [0.2, 0.25) is 0 Å². The van der Waals surface area contributed by atoms with Crippen molar-refractivity contribution in [1.29, 1.82) is 0 Å². The molecule has 0 bridgehead atoms. The summed E-state index contributed by atoms with van der Waals surface area (Å²) in [4.78, 5) is 4.79. The van der Waals surface area contributed by atoms with E-state index in [2.05, 4.69) is 9.71 Å². The zero-order valence-corrected chi connectivity index (χ0v) is 18.8. The lowest BCUT2D eigenvalue weighted by Gasteiger charge is -2.09. The molecule has 4 aromatic rings. The third kappa shape index (κ3) is 3.61. The SMILES string of the molecule is Cc1c(S(=O)(=O)Nc2ccc3c(c2)OCO3)cc(-c2nc(-c3ccc(F)cc3)cs2)n1C. The third-order valence-corrected chi connectivity index (χ3v) is 7.63. The van der Waals surface area contributed by atoms with Gasteiger partial charge in [0, 0.05) is 29.8 Å². The summed E-state index contributed by atoms with van der Waals surface area (Å²) in [6.07, 6.45) is 0. The Balaban J connectivity index is 1.46. The summed E-state index contributed by atoms with van der Waals surface area (Å²) < 4.78 is 54.5. The van der Waals surface area contributed by atoms with Gasteiger partial charge in [0.2, 0.25) is 6.79 Å². The van der Waals surface area contributed by atoms with Crippen molar-refractivity contribution in [1.82, 2.24) is 9.55 Å². The van der Waals surface area contributed by atoms with E-state index >= 15 is 0 Å². The first-order chi connectivity index (χ1) is 15.3. The maximum atomic E-state index is 13.2. The first-order valence-corrected chi connectivity index (χ1v) is 12.0. The molecule has 5 rings (SSSR count). The lowest BCUT2D eigenvalue weighted by atomic mass is 10.2. The highest BCUT2D eigenvalue weighted by molar-refractivity contribution is 7.92. The Hall–Kier alpha value is -3.37. The number of sulfonamides is 1. The van der Waals surface area contributed by atoms with Gasteiger partial charge in [-0.15, -0.1) is 11.3 Å². The van der Waals surface area contributed by atoms with Gasteiger partial charge in [-0.25, -0.2) is 17.8 Å². The number of nitrogens with one attached hydrogen (secondary N) is 1. The number of anilines is 1. The minimum atomic E-state index is -3.85. The average Bonchev–Trinajstić information content (AvgIpc) is 3.48. The number of halogens is 1. The first-order valence-electron chi connectivity index (χ1n) is 9.62. The molecule has 0 unspecified atom stereocenters. The number of aromatic nitrogens is 2. The fourth-order valence-electron chi connectivity index (χ4n) is 3.46.